The zero-order valence-electron chi connectivity index (χ0n) is 12.7. The molecule has 0 fully saturated rings. The number of hydrogen-bond donors (Lipinski definition) is 0. The second kappa shape index (κ2) is 6.92. The third kappa shape index (κ3) is 3.53. The van der Waals surface area contributed by atoms with Crippen molar-refractivity contribution in [2.75, 3.05) is 6.26 Å². The summed E-state index contributed by atoms with van der Waals surface area (Å²) in [7, 11) is 0. The Morgan fingerprint density at radius 3 is 2.61 bits per heavy atom. The number of amides is 1. The second-order valence-electron chi connectivity index (χ2n) is 5.02. The minimum Gasteiger partial charge on any atom is -0.446 e. The Hall–Kier alpha value is -1.54. The smallest absolute Gasteiger partial charge is 0.243 e. The van der Waals surface area contributed by atoms with Gasteiger partial charge in [0.05, 0.1) is 0 Å². The van der Waals surface area contributed by atoms with Crippen LogP contribution in [0.3, 0.4) is 0 Å². The predicted octanol–water partition coefficient (Wildman–Crippen LogP) is 4.25. The fraction of sp³-hybridized carbons (Fsp3) is 0.176. The number of carbonyl (C=O) groups is 1. The highest BCUT2D eigenvalue weighted by Gasteiger charge is 2.33. The molecule has 2 aromatic rings. The van der Waals surface area contributed by atoms with Crippen LogP contribution in [0.25, 0.3) is 0 Å². The van der Waals surface area contributed by atoms with E-state index < -0.39 is 6.23 Å². The minimum atomic E-state index is -0.517. The van der Waals surface area contributed by atoms with Crippen molar-refractivity contribution in [2.45, 2.75) is 18.0 Å². The van der Waals surface area contributed by atoms with E-state index in [-0.39, 0.29) is 5.91 Å². The molecule has 3 rings (SSSR count). The summed E-state index contributed by atoms with van der Waals surface area (Å²) in [5.41, 5.74) is 1.77. The van der Waals surface area contributed by atoms with Crippen LogP contribution in [-0.4, -0.2) is 23.1 Å². The number of hydrazone groups is 1. The summed E-state index contributed by atoms with van der Waals surface area (Å²) in [6.45, 7) is 1.49. The van der Waals surface area contributed by atoms with E-state index in [1.807, 2.05) is 54.8 Å². The van der Waals surface area contributed by atoms with Crippen LogP contribution in [0.4, 0.5) is 0 Å². The molecule has 0 saturated heterocycles. The highest BCUT2D eigenvalue weighted by Crippen LogP contribution is 2.31. The number of ether oxygens (including phenoxy) is 1. The van der Waals surface area contributed by atoms with Gasteiger partial charge in [0.1, 0.15) is 0 Å². The molecule has 1 heterocycles. The summed E-state index contributed by atoms with van der Waals surface area (Å²) in [6.07, 6.45) is 1.51. The van der Waals surface area contributed by atoms with Crippen LogP contribution in [0.1, 0.15) is 24.3 Å². The third-order valence-corrected chi connectivity index (χ3v) is 4.85. The number of carbonyl (C=O) groups excluding carboxylic acids is 1. The molecular formula is C17H15IN2O2S. The highest BCUT2D eigenvalue weighted by atomic mass is 127. The monoisotopic (exact) mass is 438 g/mol. The van der Waals surface area contributed by atoms with E-state index in [0.29, 0.717) is 5.90 Å². The van der Waals surface area contributed by atoms with Gasteiger partial charge in [-0.2, -0.15) is 5.01 Å². The number of hydrogen-bond acceptors (Lipinski definition) is 4. The van der Waals surface area contributed by atoms with Gasteiger partial charge in [-0.1, -0.05) is 18.2 Å². The molecule has 4 nitrogen and oxygen atoms in total. The molecule has 0 aromatic heterocycles. The van der Waals surface area contributed by atoms with Crippen LogP contribution in [0, 0.1) is 3.57 Å². The van der Waals surface area contributed by atoms with Crippen LogP contribution in [0.5, 0.6) is 0 Å². The van der Waals surface area contributed by atoms with Crippen molar-refractivity contribution in [3.63, 3.8) is 0 Å². The van der Waals surface area contributed by atoms with E-state index >= 15 is 0 Å². The van der Waals surface area contributed by atoms with Crippen molar-refractivity contribution in [3.8, 4) is 0 Å². The van der Waals surface area contributed by atoms with Gasteiger partial charge in [0.25, 0.3) is 0 Å². The van der Waals surface area contributed by atoms with Gasteiger partial charge in [-0.3, -0.25) is 4.79 Å². The van der Waals surface area contributed by atoms with Gasteiger partial charge in [-0.25, -0.2) is 0 Å². The minimum absolute atomic E-state index is 0.149. The van der Waals surface area contributed by atoms with Crippen molar-refractivity contribution >= 4 is 46.2 Å². The van der Waals surface area contributed by atoms with E-state index in [1.54, 1.807) is 11.8 Å². The number of nitrogens with zero attached hydrogens (tertiary/aromatic N) is 2. The molecule has 0 N–H and O–H groups in total. The van der Waals surface area contributed by atoms with Crippen molar-refractivity contribution in [2.24, 2.45) is 5.10 Å². The Balaban J connectivity index is 1.92. The summed E-state index contributed by atoms with van der Waals surface area (Å²) in [5, 5.41) is 5.76. The van der Waals surface area contributed by atoms with Crippen molar-refractivity contribution in [1.82, 2.24) is 5.01 Å². The first kappa shape index (κ1) is 16.3. The summed E-state index contributed by atoms with van der Waals surface area (Å²) < 4.78 is 7.07. The molecule has 0 bridgehead atoms. The fourth-order valence-corrected chi connectivity index (χ4v) is 3.24. The van der Waals surface area contributed by atoms with Crippen LogP contribution in [0.15, 0.2) is 58.5 Å². The molecule has 1 aliphatic heterocycles. The maximum atomic E-state index is 11.9. The Bertz CT molecular complexity index is 761. The Labute approximate surface area is 153 Å². The molecule has 0 aliphatic carbocycles. The largest absolute Gasteiger partial charge is 0.446 e. The number of rotatable bonds is 3. The molecule has 2 aromatic carbocycles. The summed E-state index contributed by atoms with van der Waals surface area (Å²) in [4.78, 5) is 13.1. The average molecular weight is 438 g/mol. The lowest BCUT2D eigenvalue weighted by atomic mass is 10.2. The molecule has 1 atom stereocenters. The highest BCUT2D eigenvalue weighted by molar-refractivity contribution is 14.1. The molecule has 0 spiro atoms. The number of halogens is 1. The van der Waals surface area contributed by atoms with Crippen molar-refractivity contribution in [3.05, 3.63) is 63.2 Å². The second-order valence-corrected chi connectivity index (χ2v) is 7.15. The maximum Gasteiger partial charge on any atom is 0.243 e. The SMILES string of the molecule is CSc1ccc(C2OC(c3cccc(I)c3)=NN2C(C)=O)cc1. The summed E-state index contributed by atoms with van der Waals surface area (Å²) >= 11 is 3.92. The number of benzene rings is 2. The van der Waals surface area contributed by atoms with Gasteiger partial charge >= 0.3 is 0 Å². The zero-order valence-corrected chi connectivity index (χ0v) is 15.7. The van der Waals surface area contributed by atoms with Crippen LogP contribution >= 0.6 is 34.4 Å². The Kier molecular flexibility index (Phi) is 4.91. The number of thioether (sulfide) groups is 1. The lowest BCUT2D eigenvalue weighted by Gasteiger charge is -2.19. The van der Waals surface area contributed by atoms with Gasteiger partial charge in [-0.05, 0) is 59.2 Å². The van der Waals surface area contributed by atoms with E-state index in [2.05, 4.69) is 27.7 Å². The van der Waals surface area contributed by atoms with E-state index in [0.717, 1.165) is 14.7 Å². The molecule has 6 heteroatoms. The first-order valence-corrected chi connectivity index (χ1v) is 9.34. The van der Waals surface area contributed by atoms with Crippen LogP contribution < -0.4 is 0 Å². The first-order chi connectivity index (χ1) is 11.1. The molecule has 1 unspecified atom stereocenters. The average Bonchev–Trinajstić information content (AvgIpc) is 3.00. The van der Waals surface area contributed by atoms with Crippen molar-refractivity contribution < 1.29 is 9.53 Å². The van der Waals surface area contributed by atoms with Gasteiger partial charge in [0.15, 0.2) is 0 Å². The fourth-order valence-electron chi connectivity index (χ4n) is 2.29. The Morgan fingerprint density at radius 2 is 2.00 bits per heavy atom. The lowest BCUT2D eigenvalue weighted by Crippen LogP contribution is -2.25. The summed E-state index contributed by atoms with van der Waals surface area (Å²) in [5.74, 6) is 0.322. The van der Waals surface area contributed by atoms with Gasteiger partial charge in [-0.15, -0.1) is 16.9 Å². The molecular weight excluding hydrogens is 423 g/mol. The Morgan fingerprint density at radius 1 is 1.26 bits per heavy atom. The molecule has 23 heavy (non-hydrogen) atoms. The van der Waals surface area contributed by atoms with E-state index in [9.17, 15) is 4.79 Å². The lowest BCUT2D eigenvalue weighted by molar-refractivity contribution is -0.135. The topological polar surface area (TPSA) is 41.9 Å². The first-order valence-electron chi connectivity index (χ1n) is 7.03. The van der Waals surface area contributed by atoms with Gasteiger partial charge < -0.3 is 4.74 Å². The van der Waals surface area contributed by atoms with Crippen molar-refractivity contribution in [1.29, 1.82) is 0 Å². The quantitative estimate of drug-likeness (QED) is 0.532. The standard InChI is InChI=1S/C17H15IN2O2S/c1-11(21)20-17(12-6-8-15(23-2)9-7-12)22-16(19-20)13-4-3-5-14(18)10-13/h3-10,17H,1-2H3. The third-order valence-electron chi connectivity index (χ3n) is 3.44. The van der Waals surface area contributed by atoms with E-state index in [1.165, 1.54) is 16.8 Å². The molecule has 0 saturated carbocycles. The van der Waals surface area contributed by atoms with Gasteiger partial charge in [0.2, 0.25) is 18.0 Å². The molecule has 118 valence electrons. The molecule has 1 amide bonds. The summed E-state index contributed by atoms with van der Waals surface area (Å²) in [6, 6.07) is 15.8. The predicted molar refractivity (Wildman–Crippen MR) is 100 cm³/mol. The van der Waals surface area contributed by atoms with E-state index in [4.69, 9.17) is 4.74 Å². The molecule has 1 aliphatic rings. The molecule has 0 radical (unpaired) electrons. The van der Waals surface area contributed by atoms with Crippen LogP contribution in [0.2, 0.25) is 0 Å². The van der Waals surface area contributed by atoms with Crippen LogP contribution in [-0.2, 0) is 9.53 Å². The zero-order chi connectivity index (χ0) is 16.4. The maximum absolute atomic E-state index is 11.9. The van der Waals surface area contributed by atoms with Gasteiger partial charge in [0, 0.05) is 26.5 Å². The normalized spacial score (nSPS) is 16.9.